The van der Waals surface area contributed by atoms with Gasteiger partial charge in [-0.15, -0.1) is 0 Å². The number of benzene rings is 1. The average molecular weight is 230 g/mol. The van der Waals surface area contributed by atoms with E-state index >= 15 is 0 Å². The van der Waals surface area contributed by atoms with Crippen molar-refractivity contribution in [2.45, 2.75) is 13.8 Å². The van der Waals surface area contributed by atoms with Crippen molar-refractivity contribution in [2.24, 2.45) is 0 Å². The van der Waals surface area contributed by atoms with Crippen molar-refractivity contribution in [1.29, 1.82) is 0 Å². The van der Waals surface area contributed by atoms with Gasteiger partial charge in [0.15, 0.2) is 6.29 Å². The number of carbonyl (C=O) groups excluding carboxylic acids is 1. The number of carbonyl (C=O) groups is 1. The number of methoxy groups -OCH3 is 1. The van der Waals surface area contributed by atoms with E-state index in [0.717, 1.165) is 28.7 Å². The van der Waals surface area contributed by atoms with Gasteiger partial charge in [0.05, 0.1) is 13.4 Å². The Kier molecular flexibility index (Phi) is 2.95. The maximum Gasteiger partial charge on any atom is 0.168 e. The van der Waals surface area contributed by atoms with Crippen LogP contribution in [-0.4, -0.2) is 23.4 Å². The molecule has 0 aliphatic rings. The maximum absolute atomic E-state index is 10.9. The number of H-pyrrole nitrogens is 1. The third-order valence-electron chi connectivity index (χ3n) is 2.69. The predicted molar refractivity (Wildman–Crippen MR) is 65.4 cm³/mol. The molecule has 1 aromatic heterocycles. The van der Waals surface area contributed by atoms with Crippen molar-refractivity contribution < 1.29 is 9.53 Å². The summed E-state index contributed by atoms with van der Waals surface area (Å²) >= 11 is 0. The highest BCUT2D eigenvalue weighted by molar-refractivity contribution is 5.86. The van der Waals surface area contributed by atoms with Crippen LogP contribution in [0.5, 0.6) is 5.75 Å². The number of aldehydes is 1. The van der Waals surface area contributed by atoms with E-state index in [2.05, 4.69) is 9.97 Å². The van der Waals surface area contributed by atoms with Crippen LogP contribution in [-0.2, 0) is 0 Å². The first-order valence-electron chi connectivity index (χ1n) is 5.31. The Hall–Kier alpha value is -2.10. The van der Waals surface area contributed by atoms with Crippen molar-refractivity contribution in [3.05, 3.63) is 35.3 Å². The van der Waals surface area contributed by atoms with E-state index < -0.39 is 0 Å². The fourth-order valence-corrected chi connectivity index (χ4v) is 1.99. The molecule has 0 fully saturated rings. The summed E-state index contributed by atoms with van der Waals surface area (Å²) in [5.74, 6) is 0.734. The minimum atomic E-state index is 0.468. The number of aryl methyl sites for hydroxylation is 2. The number of ether oxygens (including phenoxy) is 1. The van der Waals surface area contributed by atoms with Crippen LogP contribution in [0, 0.1) is 13.8 Å². The molecule has 0 saturated carbocycles. The van der Waals surface area contributed by atoms with Crippen LogP contribution in [0.3, 0.4) is 0 Å². The lowest BCUT2D eigenvalue weighted by Gasteiger charge is -2.11. The lowest BCUT2D eigenvalue weighted by atomic mass is 10.0. The minimum absolute atomic E-state index is 0.468. The molecule has 2 aromatic rings. The monoisotopic (exact) mass is 230 g/mol. The zero-order valence-corrected chi connectivity index (χ0v) is 10.1. The summed E-state index contributed by atoms with van der Waals surface area (Å²) in [5, 5.41) is 0. The van der Waals surface area contributed by atoms with Crippen LogP contribution in [0.2, 0.25) is 0 Å². The molecule has 0 unspecified atom stereocenters. The molecule has 1 heterocycles. The molecular formula is C13H14N2O2. The first-order valence-corrected chi connectivity index (χ1v) is 5.31. The number of nitrogens with zero attached hydrogens (tertiary/aromatic N) is 1. The SMILES string of the molecule is COc1cc(C)cc(C)c1-c1nc[nH]c1C=O. The van der Waals surface area contributed by atoms with Crippen molar-refractivity contribution >= 4 is 6.29 Å². The lowest BCUT2D eigenvalue weighted by molar-refractivity contribution is 0.112. The molecule has 2 rings (SSSR count). The van der Waals surface area contributed by atoms with Gasteiger partial charge in [0.25, 0.3) is 0 Å². The third-order valence-corrected chi connectivity index (χ3v) is 2.69. The van der Waals surface area contributed by atoms with Gasteiger partial charge in [0, 0.05) is 5.56 Å². The Morgan fingerprint density at radius 1 is 1.35 bits per heavy atom. The molecule has 1 aromatic carbocycles. The highest BCUT2D eigenvalue weighted by Crippen LogP contribution is 2.34. The minimum Gasteiger partial charge on any atom is -0.496 e. The van der Waals surface area contributed by atoms with Crippen LogP contribution in [0.15, 0.2) is 18.5 Å². The molecule has 0 bridgehead atoms. The van der Waals surface area contributed by atoms with Crippen molar-refractivity contribution in [3.63, 3.8) is 0 Å². The standard InChI is InChI=1S/C13H14N2O2/c1-8-4-9(2)12(11(5-8)17-3)13-10(6-16)14-7-15-13/h4-7H,1-3H3,(H,14,15). The number of hydrogen-bond donors (Lipinski definition) is 1. The molecular weight excluding hydrogens is 216 g/mol. The van der Waals surface area contributed by atoms with E-state index in [-0.39, 0.29) is 0 Å². The summed E-state index contributed by atoms with van der Waals surface area (Å²) in [4.78, 5) is 17.9. The van der Waals surface area contributed by atoms with Gasteiger partial charge in [-0.2, -0.15) is 0 Å². The lowest BCUT2D eigenvalue weighted by Crippen LogP contribution is -1.95. The summed E-state index contributed by atoms with van der Waals surface area (Å²) < 4.78 is 5.36. The summed E-state index contributed by atoms with van der Waals surface area (Å²) in [6.45, 7) is 3.98. The van der Waals surface area contributed by atoms with E-state index in [1.165, 1.54) is 6.33 Å². The summed E-state index contributed by atoms with van der Waals surface area (Å²) in [5.41, 5.74) is 4.12. The molecule has 88 valence electrons. The molecule has 1 N–H and O–H groups in total. The molecule has 0 aliphatic carbocycles. The van der Waals surface area contributed by atoms with Gasteiger partial charge in [-0.05, 0) is 31.0 Å². The quantitative estimate of drug-likeness (QED) is 0.824. The largest absolute Gasteiger partial charge is 0.496 e. The molecule has 0 amide bonds. The van der Waals surface area contributed by atoms with E-state index in [0.29, 0.717) is 11.4 Å². The first kappa shape index (κ1) is 11.4. The Morgan fingerprint density at radius 3 is 2.76 bits per heavy atom. The molecule has 0 aliphatic heterocycles. The second-order valence-corrected chi connectivity index (χ2v) is 3.94. The van der Waals surface area contributed by atoms with Crippen LogP contribution in [0.1, 0.15) is 21.6 Å². The van der Waals surface area contributed by atoms with E-state index in [1.54, 1.807) is 7.11 Å². The Morgan fingerprint density at radius 2 is 2.12 bits per heavy atom. The molecule has 0 saturated heterocycles. The molecule has 4 nitrogen and oxygen atoms in total. The van der Waals surface area contributed by atoms with Crippen LogP contribution < -0.4 is 4.74 Å². The fourth-order valence-electron chi connectivity index (χ4n) is 1.99. The summed E-state index contributed by atoms with van der Waals surface area (Å²) in [6, 6.07) is 3.98. The second-order valence-electron chi connectivity index (χ2n) is 3.94. The molecule has 0 spiro atoms. The van der Waals surface area contributed by atoms with Gasteiger partial charge in [0.2, 0.25) is 0 Å². The summed E-state index contributed by atoms with van der Waals surface area (Å²) in [6.07, 6.45) is 2.28. The second kappa shape index (κ2) is 4.41. The van der Waals surface area contributed by atoms with Crippen LogP contribution in [0.4, 0.5) is 0 Å². The molecule has 0 atom stereocenters. The Labute approximate surface area is 99.7 Å². The van der Waals surface area contributed by atoms with Gasteiger partial charge in [0.1, 0.15) is 17.1 Å². The number of nitrogens with one attached hydrogen (secondary N) is 1. The van der Waals surface area contributed by atoms with E-state index in [1.807, 2.05) is 26.0 Å². The maximum atomic E-state index is 10.9. The zero-order chi connectivity index (χ0) is 12.4. The van der Waals surface area contributed by atoms with E-state index in [9.17, 15) is 4.79 Å². The van der Waals surface area contributed by atoms with Gasteiger partial charge in [-0.25, -0.2) is 4.98 Å². The van der Waals surface area contributed by atoms with Gasteiger partial charge < -0.3 is 9.72 Å². The van der Waals surface area contributed by atoms with Crippen molar-refractivity contribution in [1.82, 2.24) is 9.97 Å². The van der Waals surface area contributed by atoms with Gasteiger partial charge in [-0.1, -0.05) is 6.07 Å². The topological polar surface area (TPSA) is 55.0 Å². The first-order chi connectivity index (χ1) is 8.17. The highest BCUT2D eigenvalue weighted by atomic mass is 16.5. The predicted octanol–water partition coefficient (Wildman–Crippen LogP) is 2.51. The zero-order valence-electron chi connectivity index (χ0n) is 10.1. The van der Waals surface area contributed by atoms with Gasteiger partial charge in [-0.3, -0.25) is 4.79 Å². The number of hydrogen-bond acceptors (Lipinski definition) is 3. The fraction of sp³-hybridized carbons (Fsp3) is 0.231. The number of imidazole rings is 1. The number of aromatic amines is 1. The van der Waals surface area contributed by atoms with Crippen LogP contribution >= 0.6 is 0 Å². The Balaban J connectivity index is 2.70. The Bertz CT molecular complexity index is 559. The summed E-state index contributed by atoms with van der Waals surface area (Å²) in [7, 11) is 1.62. The van der Waals surface area contributed by atoms with E-state index in [4.69, 9.17) is 4.74 Å². The average Bonchev–Trinajstić information content (AvgIpc) is 2.75. The number of rotatable bonds is 3. The van der Waals surface area contributed by atoms with Crippen LogP contribution in [0.25, 0.3) is 11.3 Å². The van der Waals surface area contributed by atoms with Crippen molar-refractivity contribution in [3.8, 4) is 17.0 Å². The third kappa shape index (κ3) is 1.93. The van der Waals surface area contributed by atoms with Gasteiger partial charge >= 0.3 is 0 Å². The molecule has 0 radical (unpaired) electrons. The normalized spacial score (nSPS) is 10.3. The molecule has 17 heavy (non-hydrogen) atoms. The highest BCUT2D eigenvalue weighted by Gasteiger charge is 2.15. The number of aromatic nitrogens is 2. The smallest absolute Gasteiger partial charge is 0.168 e. The molecule has 4 heteroatoms. The van der Waals surface area contributed by atoms with Crippen molar-refractivity contribution in [2.75, 3.05) is 7.11 Å².